The Balaban J connectivity index is 0.000000150. The van der Waals surface area contributed by atoms with E-state index in [0.29, 0.717) is 23.9 Å². The Hall–Kier alpha value is -0.260. The molecule has 3 unspecified atom stereocenters. The van der Waals surface area contributed by atoms with Gasteiger partial charge in [-0.15, -0.1) is 0 Å². The standard InChI is InChI=1S/C11H19NO3S.C10H19NO3S/c12-16(13,14)15-7-11-4-8-1-9(5-11)3-10(2-8)6-11;1-10(2)8-4-3-7(9(10)5-8)6-14-15(11,12)13/h8-10H,1-7H2,(H2,12,13,14);7-9H,3-6H2,1-2H3,(H2,11,12,13). The molecule has 8 nitrogen and oxygen atoms in total. The lowest BCUT2D eigenvalue weighted by Gasteiger charge is -2.60. The molecule has 0 spiro atoms. The quantitative estimate of drug-likeness (QED) is 0.602. The van der Waals surface area contributed by atoms with Crippen LogP contribution in [0.2, 0.25) is 0 Å². The molecule has 3 atom stereocenters. The van der Waals surface area contributed by atoms with Gasteiger partial charge in [0.15, 0.2) is 0 Å². The second-order valence-electron chi connectivity index (χ2n) is 11.6. The highest BCUT2D eigenvalue weighted by atomic mass is 32.2. The molecule has 0 saturated heterocycles. The summed E-state index contributed by atoms with van der Waals surface area (Å²) in [6.45, 7) is 5.12. The molecule has 0 aliphatic heterocycles. The second kappa shape index (κ2) is 8.20. The normalized spacial score (nSPS) is 42.5. The van der Waals surface area contributed by atoms with Crippen LogP contribution in [-0.4, -0.2) is 30.0 Å². The molecule has 0 aromatic heterocycles. The van der Waals surface area contributed by atoms with Crippen molar-refractivity contribution in [2.45, 2.75) is 71.6 Å². The molecule has 10 heteroatoms. The van der Waals surface area contributed by atoms with Crippen molar-refractivity contribution in [3.8, 4) is 0 Å². The highest BCUT2D eigenvalue weighted by Gasteiger charge is 2.54. The maximum absolute atomic E-state index is 10.9. The molecule has 31 heavy (non-hydrogen) atoms. The summed E-state index contributed by atoms with van der Waals surface area (Å²) in [5.74, 6) is 4.25. The number of hydrogen-bond acceptors (Lipinski definition) is 6. The highest BCUT2D eigenvalue weighted by Crippen LogP contribution is 2.61. The summed E-state index contributed by atoms with van der Waals surface area (Å²) in [6.07, 6.45) is 11.0. The third kappa shape index (κ3) is 5.46. The number of rotatable bonds is 6. The van der Waals surface area contributed by atoms with E-state index in [0.717, 1.165) is 49.4 Å². The summed E-state index contributed by atoms with van der Waals surface area (Å²) in [7, 11) is -7.53. The minimum atomic E-state index is -3.77. The SMILES string of the molecule is CC1(C)C2CCC(COS(N)(=O)=O)C1C2.NS(=O)(=O)OCC12CC3CC(CC(C3)C1)C2. The molecule has 0 aromatic rings. The van der Waals surface area contributed by atoms with E-state index in [1.807, 2.05) is 0 Å². The average Bonchev–Trinajstić information content (AvgIpc) is 2.63. The van der Waals surface area contributed by atoms with E-state index in [4.69, 9.17) is 18.6 Å². The summed E-state index contributed by atoms with van der Waals surface area (Å²) < 4.78 is 52.8. The molecular weight excluding hydrogens is 440 g/mol. The van der Waals surface area contributed by atoms with Gasteiger partial charge < -0.3 is 0 Å². The highest BCUT2D eigenvalue weighted by molar-refractivity contribution is 7.84. The van der Waals surface area contributed by atoms with Crippen LogP contribution in [0.25, 0.3) is 0 Å². The van der Waals surface area contributed by atoms with Gasteiger partial charge in [-0.05, 0) is 104 Å². The maximum atomic E-state index is 10.9. The van der Waals surface area contributed by atoms with Gasteiger partial charge in [-0.25, -0.2) is 10.3 Å². The third-order valence-electron chi connectivity index (χ3n) is 9.14. The van der Waals surface area contributed by atoms with Crippen LogP contribution in [0.1, 0.15) is 71.6 Å². The van der Waals surface area contributed by atoms with E-state index in [9.17, 15) is 16.8 Å². The van der Waals surface area contributed by atoms with E-state index in [2.05, 4.69) is 13.8 Å². The van der Waals surface area contributed by atoms with Crippen LogP contribution < -0.4 is 10.3 Å². The van der Waals surface area contributed by atoms with Crippen molar-refractivity contribution in [3.63, 3.8) is 0 Å². The summed E-state index contributed by atoms with van der Waals surface area (Å²) >= 11 is 0. The maximum Gasteiger partial charge on any atom is 0.333 e. The predicted molar refractivity (Wildman–Crippen MR) is 117 cm³/mol. The summed E-state index contributed by atoms with van der Waals surface area (Å²) in [5, 5.41) is 9.74. The van der Waals surface area contributed by atoms with Gasteiger partial charge in [0, 0.05) is 0 Å². The minimum absolute atomic E-state index is 0.126. The van der Waals surface area contributed by atoms with Gasteiger partial charge >= 0.3 is 20.6 Å². The van der Waals surface area contributed by atoms with Crippen LogP contribution in [0, 0.1) is 46.3 Å². The first kappa shape index (κ1) is 23.9. The van der Waals surface area contributed by atoms with Crippen LogP contribution in [-0.2, 0) is 29.0 Å². The fraction of sp³-hybridized carbons (Fsp3) is 1.00. The zero-order chi connectivity index (χ0) is 22.7. The molecule has 7 rings (SSSR count). The fourth-order valence-electron chi connectivity index (χ4n) is 8.02. The fourth-order valence-corrected chi connectivity index (χ4v) is 8.80. The van der Waals surface area contributed by atoms with Crippen molar-refractivity contribution in [2.75, 3.05) is 13.2 Å². The van der Waals surface area contributed by atoms with Crippen LogP contribution in [0.5, 0.6) is 0 Å². The first-order chi connectivity index (χ1) is 14.2. The lowest BCUT2D eigenvalue weighted by Crippen LogP contribution is -2.53. The molecular formula is C21H38N2O6S2. The number of fused-ring (bicyclic) bond motifs is 2. The Bertz CT molecular complexity index is 848. The van der Waals surface area contributed by atoms with Gasteiger partial charge in [0.1, 0.15) is 0 Å². The molecule has 7 aliphatic carbocycles. The molecule has 7 aliphatic rings. The Labute approximate surface area is 187 Å². The van der Waals surface area contributed by atoms with E-state index in [1.165, 1.54) is 32.1 Å². The van der Waals surface area contributed by atoms with Crippen LogP contribution in [0.15, 0.2) is 0 Å². The predicted octanol–water partition coefficient (Wildman–Crippen LogP) is 2.70. The van der Waals surface area contributed by atoms with Gasteiger partial charge in [0.2, 0.25) is 0 Å². The summed E-state index contributed by atoms with van der Waals surface area (Å²) in [4.78, 5) is 0. The zero-order valence-corrected chi connectivity index (χ0v) is 20.3. The van der Waals surface area contributed by atoms with Crippen molar-refractivity contribution in [1.29, 1.82) is 0 Å². The Morgan fingerprint density at radius 2 is 1.32 bits per heavy atom. The smallest absolute Gasteiger partial charge is 0.258 e. The molecule has 0 radical (unpaired) electrons. The Morgan fingerprint density at radius 1 is 0.806 bits per heavy atom. The molecule has 6 bridgehead atoms. The largest absolute Gasteiger partial charge is 0.333 e. The Kier molecular flexibility index (Phi) is 6.32. The monoisotopic (exact) mass is 478 g/mol. The van der Waals surface area contributed by atoms with Crippen LogP contribution in [0.4, 0.5) is 0 Å². The minimum Gasteiger partial charge on any atom is -0.258 e. The molecule has 180 valence electrons. The van der Waals surface area contributed by atoms with Crippen molar-refractivity contribution in [1.82, 2.24) is 0 Å². The van der Waals surface area contributed by atoms with Crippen molar-refractivity contribution >= 4 is 20.6 Å². The lowest BCUT2D eigenvalue weighted by molar-refractivity contribution is -0.113. The first-order valence-electron chi connectivity index (χ1n) is 11.6. The topological polar surface area (TPSA) is 139 Å². The van der Waals surface area contributed by atoms with Gasteiger partial charge in [-0.1, -0.05) is 13.8 Å². The summed E-state index contributed by atoms with van der Waals surface area (Å²) in [6, 6.07) is 0. The first-order valence-corrected chi connectivity index (χ1v) is 14.5. The summed E-state index contributed by atoms with van der Waals surface area (Å²) in [5.41, 5.74) is 0.492. The van der Waals surface area contributed by atoms with Crippen molar-refractivity contribution in [3.05, 3.63) is 0 Å². The van der Waals surface area contributed by atoms with Gasteiger partial charge in [-0.3, -0.25) is 8.37 Å². The van der Waals surface area contributed by atoms with Gasteiger partial charge in [0.05, 0.1) is 13.2 Å². The molecule has 7 fully saturated rings. The van der Waals surface area contributed by atoms with Crippen molar-refractivity contribution < 1.29 is 25.2 Å². The molecule has 0 amide bonds. The van der Waals surface area contributed by atoms with Crippen molar-refractivity contribution in [2.24, 2.45) is 56.6 Å². The zero-order valence-electron chi connectivity index (χ0n) is 18.7. The molecule has 7 saturated carbocycles. The average molecular weight is 479 g/mol. The van der Waals surface area contributed by atoms with E-state index < -0.39 is 20.6 Å². The van der Waals surface area contributed by atoms with Gasteiger partial charge in [0.25, 0.3) is 0 Å². The second-order valence-corrected chi connectivity index (χ2v) is 14.1. The van der Waals surface area contributed by atoms with E-state index >= 15 is 0 Å². The van der Waals surface area contributed by atoms with Crippen LogP contribution >= 0.6 is 0 Å². The van der Waals surface area contributed by atoms with Crippen LogP contribution in [0.3, 0.4) is 0 Å². The lowest BCUT2D eigenvalue weighted by atomic mass is 9.46. The third-order valence-corrected chi connectivity index (χ3v) is 10.1. The van der Waals surface area contributed by atoms with E-state index in [-0.39, 0.29) is 12.0 Å². The molecule has 4 N–H and O–H groups in total. The Morgan fingerprint density at radius 3 is 1.74 bits per heavy atom. The molecule has 0 heterocycles. The van der Waals surface area contributed by atoms with Gasteiger partial charge in [-0.2, -0.15) is 16.8 Å². The number of hydrogen-bond donors (Lipinski definition) is 2. The van der Waals surface area contributed by atoms with E-state index in [1.54, 1.807) is 0 Å². The molecule has 0 aromatic carbocycles. The number of nitrogens with two attached hydrogens (primary N) is 2.